The van der Waals surface area contributed by atoms with E-state index in [1.54, 1.807) is 12.1 Å². The molecule has 3 unspecified atom stereocenters. The van der Waals surface area contributed by atoms with Crippen LogP contribution in [-0.2, 0) is 14.4 Å². The molecule has 1 saturated heterocycles. The number of anilines is 2. The number of halogens is 3. The number of aliphatic hydroxyl groups excluding tert-OH is 1. The fraction of sp³-hybridized carbons (Fsp3) is 0.310. The van der Waals surface area contributed by atoms with E-state index >= 15 is 0 Å². The van der Waals surface area contributed by atoms with Crippen molar-refractivity contribution in [3.63, 3.8) is 0 Å². The first kappa shape index (κ1) is 29.0. The van der Waals surface area contributed by atoms with E-state index in [-0.39, 0.29) is 40.8 Å². The number of hydrogen-bond donors (Lipinski definition) is 2. The summed E-state index contributed by atoms with van der Waals surface area (Å²) in [6, 6.07) is 10.9. The Morgan fingerprint density at radius 2 is 1.98 bits per heavy atom. The van der Waals surface area contributed by atoms with Gasteiger partial charge in [-0.3, -0.25) is 24.2 Å². The van der Waals surface area contributed by atoms with Crippen molar-refractivity contribution >= 4 is 41.0 Å². The minimum atomic E-state index is -1.62. The predicted octanol–water partition coefficient (Wildman–Crippen LogP) is 3.39. The fourth-order valence-corrected chi connectivity index (χ4v) is 5.58. The second-order valence-corrected chi connectivity index (χ2v) is 10.9. The third kappa shape index (κ3) is 5.66. The molecular formula is C29H25ClF2N6O4. The zero-order valence-electron chi connectivity index (χ0n) is 22.2. The smallest absolute Gasteiger partial charge is 0.259 e. The third-order valence-corrected chi connectivity index (χ3v) is 7.60. The first-order valence-corrected chi connectivity index (χ1v) is 13.4. The Kier molecular flexibility index (Phi) is 7.90. The molecule has 42 heavy (non-hydrogen) atoms. The van der Waals surface area contributed by atoms with Gasteiger partial charge in [0, 0.05) is 47.8 Å². The average Bonchev–Trinajstić information content (AvgIpc) is 3.24. The van der Waals surface area contributed by atoms with E-state index in [0.29, 0.717) is 0 Å². The summed E-state index contributed by atoms with van der Waals surface area (Å²) in [5.74, 6) is -3.48. The molecule has 1 aromatic heterocycles. The summed E-state index contributed by atoms with van der Waals surface area (Å²) in [5, 5.41) is 22.7. The number of amides is 3. The number of aliphatic hydroxyl groups is 1. The number of nitriles is 1. The van der Waals surface area contributed by atoms with E-state index in [2.05, 4.69) is 15.3 Å². The van der Waals surface area contributed by atoms with Crippen molar-refractivity contribution in [1.29, 1.82) is 5.26 Å². The number of nitrogens with one attached hydrogen (secondary N) is 1. The molecule has 1 aliphatic carbocycles. The third-order valence-electron chi connectivity index (χ3n) is 7.26. The molecule has 0 radical (unpaired) electrons. The standard InChI is InChI=1S/C29H25ClF2N6O4/c1-29(32)13-18(14-29)35-25(40)24(20-7-2-3-8-21(20)30)37(19-6-4-5-16(31)11-19)26(41)22-12-23(39)27(42)38(22)28-34-10-9-17(15-33)36-28/h2-11,18,22-24,39H,12-14H2,1H3,(H,35,40). The van der Waals surface area contributed by atoms with E-state index in [9.17, 15) is 33.5 Å². The fourth-order valence-electron chi connectivity index (χ4n) is 5.34. The Bertz CT molecular complexity index is 1590. The number of alkyl halides is 1. The number of hydrogen-bond acceptors (Lipinski definition) is 7. The van der Waals surface area contributed by atoms with Gasteiger partial charge >= 0.3 is 0 Å². The molecule has 2 fully saturated rings. The van der Waals surface area contributed by atoms with Gasteiger partial charge < -0.3 is 10.4 Å². The minimum Gasteiger partial charge on any atom is -0.383 e. The summed E-state index contributed by atoms with van der Waals surface area (Å²) in [7, 11) is 0. The maximum atomic E-state index is 14.6. The van der Waals surface area contributed by atoms with Crippen LogP contribution in [0.1, 0.15) is 43.5 Å². The summed E-state index contributed by atoms with van der Waals surface area (Å²) in [6.45, 7) is 1.42. The number of benzene rings is 2. The summed E-state index contributed by atoms with van der Waals surface area (Å²) < 4.78 is 28.8. The van der Waals surface area contributed by atoms with Gasteiger partial charge in [-0.25, -0.2) is 18.7 Å². The Morgan fingerprint density at radius 3 is 2.64 bits per heavy atom. The maximum absolute atomic E-state index is 14.6. The van der Waals surface area contributed by atoms with Gasteiger partial charge in [-0.05, 0) is 37.3 Å². The zero-order valence-corrected chi connectivity index (χ0v) is 23.0. The summed E-state index contributed by atoms with van der Waals surface area (Å²) in [6.07, 6.45) is -0.671. The molecule has 13 heteroatoms. The van der Waals surface area contributed by atoms with E-state index < -0.39 is 59.9 Å². The number of rotatable bonds is 7. The molecule has 0 spiro atoms. The second-order valence-electron chi connectivity index (χ2n) is 10.5. The van der Waals surface area contributed by atoms with Gasteiger partial charge in [-0.2, -0.15) is 5.26 Å². The van der Waals surface area contributed by atoms with Gasteiger partial charge in [0.05, 0.1) is 0 Å². The molecule has 1 saturated carbocycles. The van der Waals surface area contributed by atoms with Crippen LogP contribution in [0.2, 0.25) is 5.02 Å². The van der Waals surface area contributed by atoms with E-state index in [4.69, 9.17) is 11.6 Å². The van der Waals surface area contributed by atoms with Crippen LogP contribution in [0.15, 0.2) is 60.8 Å². The molecule has 2 N–H and O–H groups in total. The van der Waals surface area contributed by atoms with Crippen molar-refractivity contribution in [3.05, 3.63) is 82.9 Å². The van der Waals surface area contributed by atoms with Crippen LogP contribution < -0.4 is 15.1 Å². The Hall–Kier alpha value is -4.47. The molecule has 216 valence electrons. The molecule has 3 amide bonds. The highest BCUT2D eigenvalue weighted by molar-refractivity contribution is 6.31. The normalized spacial score (nSPS) is 24.0. The van der Waals surface area contributed by atoms with E-state index in [1.807, 2.05) is 6.07 Å². The maximum Gasteiger partial charge on any atom is 0.259 e. The highest BCUT2D eigenvalue weighted by Crippen LogP contribution is 2.38. The lowest BCUT2D eigenvalue weighted by Gasteiger charge is -2.41. The molecule has 3 atom stereocenters. The van der Waals surface area contributed by atoms with Crippen LogP contribution in [0.25, 0.3) is 0 Å². The molecule has 10 nitrogen and oxygen atoms in total. The van der Waals surface area contributed by atoms with Crippen LogP contribution >= 0.6 is 11.6 Å². The lowest BCUT2D eigenvalue weighted by molar-refractivity contribution is -0.129. The predicted molar refractivity (Wildman–Crippen MR) is 147 cm³/mol. The minimum absolute atomic E-state index is 0.0375. The van der Waals surface area contributed by atoms with Gasteiger partial charge in [0.25, 0.3) is 11.8 Å². The van der Waals surface area contributed by atoms with Gasteiger partial charge in [0.2, 0.25) is 11.9 Å². The molecule has 1 aliphatic heterocycles. The lowest BCUT2D eigenvalue weighted by Crippen LogP contribution is -2.56. The Morgan fingerprint density at radius 1 is 1.24 bits per heavy atom. The number of carbonyl (C=O) groups is 3. The van der Waals surface area contributed by atoms with Crippen molar-refractivity contribution in [1.82, 2.24) is 15.3 Å². The van der Waals surface area contributed by atoms with Crippen LogP contribution in [0.3, 0.4) is 0 Å². The molecule has 5 rings (SSSR count). The Labute approximate surface area is 244 Å². The second kappa shape index (κ2) is 11.4. The first-order chi connectivity index (χ1) is 20.0. The SMILES string of the molecule is CC1(F)CC(NC(=O)C(c2ccccc2Cl)N(C(=O)C2CC(O)C(=O)N2c2nccc(C#N)n2)c2cccc(F)c2)C1. The van der Waals surface area contributed by atoms with Crippen LogP contribution in [0.5, 0.6) is 0 Å². The first-order valence-electron chi connectivity index (χ1n) is 13.1. The number of carbonyl (C=O) groups excluding carboxylic acids is 3. The van der Waals surface area contributed by atoms with Gasteiger partial charge in [-0.15, -0.1) is 0 Å². The highest BCUT2D eigenvalue weighted by Gasteiger charge is 2.49. The van der Waals surface area contributed by atoms with Gasteiger partial charge in [0.15, 0.2) is 0 Å². The van der Waals surface area contributed by atoms with Crippen molar-refractivity contribution in [3.8, 4) is 6.07 Å². The molecular weight excluding hydrogens is 570 g/mol. The Balaban J connectivity index is 1.63. The largest absolute Gasteiger partial charge is 0.383 e. The quantitative estimate of drug-likeness (QED) is 0.427. The van der Waals surface area contributed by atoms with E-state index in [0.717, 1.165) is 21.9 Å². The van der Waals surface area contributed by atoms with Crippen molar-refractivity contribution in [2.45, 2.75) is 56.1 Å². The molecule has 3 aromatic rings. The van der Waals surface area contributed by atoms with Gasteiger partial charge in [-0.1, -0.05) is 35.9 Å². The van der Waals surface area contributed by atoms with Gasteiger partial charge in [0.1, 0.15) is 41.4 Å². The zero-order chi connectivity index (χ0) is 30.2. The van der Waals surface area contributed by atoms with Crippen LogP contribution in [0, 0.1) is 17.1 Å². The monoisotopic (exact) mass is 594 g/mol. The average molecular weight is 595 g/mol. The molecule has 0 bridgehead atoms. The van der Waals surface area contributed by atoms with Crippen LogP contribution in [0.4, 0.5) is 20.4 Å². The van der Waals surface area contributed by atoms with Crippen molar-refractivity contribution in [2.24, 2.45) is 0 Å². The summed E-state index contributed by atoms with van der Waals surface area (Å²) >= 11 is 6.52. The molecule has 2 aliphatic rings. The van der Waals surface area contributed by atoms with Crippen molar-refractivity contribution in [2.75, 3.05) is 9.80 Å². The number of aromatic nitrogens is 2. The topological polar surface area (TPSA) is 140 Å². The highest BCUT2D eigenvalue weighted by atomic mass is 35.5. The number of nitrogens with zero attached hydrogens (tertiary/aromatic N) is 5. The van der Waals surface area contributed by atoms with E-state index in [1.165, 1.54) is 43.5 Å². The van der Waals surface area contributed by atoms with Crippen molar-refractivity contribution < 1.29 is 28.3 Å². The summed E-state index contributed by atoms with van der Waals surface area (Å²) in [4.78, 5) is 51.4. The lowest BCUT2D eigenvalue weighted by atomic mass is 9.78. The van der Waals surface area contributed by atoms with Crippen LogP contribution in [-0.4, -0.2) is 56.7 Å². The molecule has 2 aromatic carbocycles. The molecule has 2 heterocycles. The summed E-state index contributed by atoms with van der Waals surface area (Å²) in [5.41, 5.74) is -1.38.